The fourth-order valence-corrected chi connectivity index (χ4v) is 1.89. The summed E-state index contributed by atoms with van der Waals surface area (Å²) in [5.41, 5.74) is 13.3. The third kappa shape index (κ3) is 1.81. The molecule has 0 bridgehead atoms. The molecule has 1 aromatic carbocycles. The number of nitrogen functional groups attached to an aromatic ring is 2. The number of imidazole rings is 1. The molecule has 0 aliphatic carbocycles. The largest absolute Gasteiger partial charge is 0.497 e. The topological polar surface area (TPSA) is 105 Å². The Morgan fingerprint density at radius 3 is 2.84 bits per heavy atom. The zero-order valence-electron chi connectivity index (χ0n) is 10.2. The molecule has 2 aromatic heterocycles. The quantitative estimate of drug-likeness (QED) is 0.708. The van der Waals surface area contributed by atoms with Crippen LogP contribution >= 0.6 is 0 Å². The minimum atomic E-state index is 0.120. The Morgan fingerprint density at radius 2 is 2.05 bits per heavy atom. The molecule has 0 fully saturated rings. The molecule has 0 saturated heterocycles. The van der Waals surface area contributed by atoms with Gasteiger partial charge in [0.15, 0.2) is 17.0 Å². The van der Waals surface area contributed by atoms with Crippen LogP contribution in [-0.2, 0) is 0 Å². The molecule has 0 aliphatic rings. The van der Waals surface area contributed by atoms with E-state index in [1.165, 1.54) is 0 Å². The molecule has 7 heteroatoms. The van der Waals surface area contributed by atoms with Crippen LogP contribution in [-0.4, -0.2) is 26.6 Å². The molecule has 0 aliphatic heterocycles. The lowest BCUT2D eigenvalue weighted by Gasteiger charge is -2.06. The van der Waals surface area contributed by atoms with Crippen molar-refractivity contribution in [1.29, 1.82) is 0 Å². The average molecular weight is 256 g/mol. The standard InChI is InChI=1S/C12H12N6O/c1-19-8-4-2-3-7(5-8)18-6-15-9-10(13)16-12(14)17-11(9)18/h2-6H,1H3,(H4,13,14,16,17). The predicted molar refractivity (Wildman–Crippen MR) is 72.0 cm³/mol. The lowest BCUT2D eigenvalue weighted by Crippen LogP contribution is -2.02. The van der Waals surface area contributed by atoms with E-state index in [1.54, 1.807) is 18.0 Å². The van der Waals surface area contributed by atoms with Gasteiger partial charge in [0, 0.05) is 6.07 Å². The minimum absolute atomic E-state index is 0.120. The van der Waals surface area contributed by atoms with E-state index in [2.05, 4.69) is 15.0 Å². The van der Waals surface area contributed by atoms with Crippen molar-refractivity contribution in [2.24, 2.45) is 0 Å². The first kappa shape index (κ1) is 11.3. The summed E-state index contributed by atoms with van der Waals surface area (Å²) < 4.78 is 6.98. The van der Waals surface area contributed by atoms with Gasteiger partial charge in [0.25, 0.3) is 0 Å². The number of fused-ring (bicyclic) bond motifs is 1. The molecule has 0 radical (unpaired) electrons. The van der Waals surface area contributed by atoms with Crippen LogP contribution in [0.3, 0.4) is 0 Å². The van der Waals surface area contributed by atoms with Gasteiger partial charge in [0.2, 0.25) is 5.95 Å². The van der Waals surface area contributed by atoms with Crippen molar-refractivity contribution in [2.45, 2.75) is 0 Å². The number of aromatic nitrogens is 4. The van der Waals surface area contributed by atoms with Crippen molar-refractivity contribution < 1.29 is 4.74 Å². The first-order valence-electron chi connectivity index (χ1n) is 5.59. The van der Waals surface area contributed by atoms with Gasteiger partial charge in [-0.1, -0.05) is 6.07 Å². The molecule has 0 saturated carbocycles. The van der Waals surface area contributed by atoms with E-state index in [1.807, 2.05) is 24.3 Å². The highest BCUT2D eigenvalue weighted by molar-refractivity contribution is 5.84. The summed E-state index contributed by atoms with van der Waals surface area (Å²) in [5, 5.41) is 0. The molecule has 3 aromatic rings. The SMILES string of the molecule is COc1cccc(-n2cnc3c(N)nc(N)nc32)c1. The predicted octanol–water partition coefficient (Wildman–Crippen LogP) is 0.988. The summed E-state index contributed by atoms with van der Waals surface area (Å²) in [5.74, 6) is 1.13. The van der Waals surface area contributed by atoms with Crippen molar-refractivity contribution in [2.75, 3.05) is 18.6 Å². The number of nitrogens with two attached hydrogens (primary N) is 2. The lowest BCUT2D eigenvalue weighted by atomic mass is 10.3. The first-order valence-corrected chi connectivity index (χ1v) is 5.59. The van der Waals surface area contributed by atoms with Crippen molar-refractivity contribution in [1.82, 2.24) is 19.5 Å². The van der Waals surface area contributed by atoms with E-state index >= 15 is 0 Å². The van der Waals surface area contributed by atoms with Crippen LogP contribution in [0.4, 0.5) is 11.8 Å². The Morgan fingerprint density at radius 1 is 1.21 bits per heavy atom. The Bertz CT molecular complexity index is 751. The fourth-order valence-electron chi connectivity index (χ4n) is 1.89. The van der Waals surface area contributed by atoms with Crippen LogP contribution in [0.1, 0.15) is 0 Å². The monoisotopic (exact) mass is 256 g/mol. The molecule has 0 atom stereocenters. The molecule has 4 N–H and O–H groups in total. The van der Waals surface area contributed by atoms with Gasteiger partial charge >= 0.3 is 0 Å². The van der Waals surface area contributed by atoms with Crippen molar-refractivity contribution in [3.05, 3.63) is 30.6 Å². The molecule has 96 valence electrons. The Hall–Kier alpha value is -2.83. The maximum atomic E-state index is 5.77. The summed E-state index contributed by atoms with van der Waals surface area (Å²) in [6.07, 6.45) is 1.63. The van der Waals surface area contributed by atoms with Crippen LogP contribution in [0.25, 0.3) is 16.9 Å². The van der Waals surface area contributed by atoms with Crippen molar-refractivity contribution in [3.63, 3.8) is 0 Å². The average Bonchev–Trinajstić information content (AvgIpc) is 2.82. The Balaban J connectivity index is 2.25. The van der Waals surface area contributed by atoms with Gasteiger partial charge in [0.1, 0.15) is 12.1 Å². The molecule has 3 rings (SSSR count). The smallest absolute Gasteiger partial charge is 0.224 e. The molecule has 0 amide bonds. The highest BCUT2D eigenvalue weighted by Gasteiger charge is 2.11. The zero-order valence-corrected chi connectivity index (χ0v) is 10.2. The second kappa shape index (κ2) is 4.13. The van der Waals surface area contributed by atoms with Gasteiger partial charge in [-0.2, -0.15) is 9.97 Å². The number of methoxy groups -OCH3 is 1. The van der Waals surface area contributed by atoms with Gasteiger partial charge in [-0.3, -0.25) is 4.57 Å². The van der Waals surface area contributed by atoms with Gasteiger partial charge in [-0.05, 0) is 12.1 Å². The number of ether oxygens (including phenoxy) is 1. The summed E-state index contributed by atoms with van der Waals surface area (Å²) >= 11 is 0. The summed E-state index contributed by atoms with van der Waals surface area (Å²) in [6.45, 7) is 0. The van der Waals surface area contributed by atoms with E-state index in [0.717, 1.165) is 11.4 Å². The Kier molecular flexibility index (Phi) is 2.45. The molecule has 19 heavy (non-hydrogen) atoms. The Labute approximate surface area is 108 Å². The third-order valence-electron chi connectivity index (χ3n) is 2.77. The third-order valence-corrected chi connectivity index (χ3v) is 2.77. The maximum Gasteiger partial charge on any atom is 0.224 e. The number of hydrogen-bond donors (Lipinski definition) is 2. The van der Waals surface area contributed by atoms with Gasteiger partial charge < -0.3 is 16.2 Å². The van der Waals surface area contributed by atoms with Gasteiger partial charge in [-0.15, -0.1) is 0 Å². The minimum Gasteiger partial charge on any atom is -0.497 e. The van der Waals surface area contributed by atoms with Crippen molar-refractivity contribution in [3.8, 4) is 11.4 Å². The van der Waals surface area contributed by atoms with Crippen LogP contribution < -0.4 is 16.2 Å². The summed E-state index contributed by atoms with van der Waals surface area (Å²) in [4.78, 5) is 12.3. The van der Waals surface area contributed by atoms with Gasteiger partial charge in [0.05, 0.1) is 12.8 Å². The van der Waals surface area contributed by atoms with Gasteiger partial charge in [-0.25, -0.2) is 4.98 Å². The zero-order chi connectivity index (χ0) is 13.4. The van der Waals surface area contributed by atoms with Crippen molar-refractivity contribution >= 4 is 22.9 Å². The van der Waals surface area contributed by atoms with Crippen LogP contribution in [0, 0.1) is 0 Å². The lowest BCUT2D eigenvalue weighted by molar-refractivity contribution is 0.414. The van der Waals surface area contributed by atoms with E-state index < -0.39 is 0 Å². The first-order chi connectivity index (χ1) is 9.19. The fraction of sp³-hybridized carbons (Fsp3) is 0.0833. The molecule has 7 nitrogen and oxygen atoms in total. The molecule has 2 heterocycles. The van der Waals surface area contributed by atoms with E-state index in [4.69, 9.17) is 16.2 Å². The van der Waals surface area contributed by atoms with E-state index in [0.29, 0.717) is 11.2 Å². The summed E-state index contributed by atoms with van der Waals surface area (Å²) in [6, 6.07) is 7.53. The second-order valence-electron chi connectivity index (χ2n) is 3.96. The number of rotatable bonds is 2. The van der Waals surface area contributed by atoms with Crippen LogP contribution in [0.15, 0.2) is 30.6 Å². The molecule has 0 spiro atoms. The number of anilines is 2. The van der Waals surface area contributed by atoms with E-state index in [9.17, 15) is 0 Å². The van der Waals surface area contributed by atoms with Crippen LogP contribution in [0.2, 0.25) is 0 Å². The maximum absolute atomic E-state index is 5.77. The number of nitrogens with zero attached hydrogens (tertiary/aromatic N) is 4. The molecule has 0 unspecified atom stereocenters. The highest BCUT2D eigenvalue weighted by atomic mass is 16.5. The molecular weight excluding hydrogens is 244 g/mol. The summed E-state index contributed by atoms with van der Waals surface area (Å²) in [7, 11) is 1.61. The molecular formula is C12H12N6O. The highest BCUT2D eigenvalue weighted by Crippen LogP contribution is 2.22. The number of benzene rings is 1. The number of hydrogen-bond acceptors (Lipinski definition) is 6. The second-order valence-corrected chi connectivity index (χ2v) is 3.96. The van der Waals surface area contributed by atoms with E-state index in [-0.39, 0.29) is 11.8 Å². The van der Waals surface area contributed by atoms with Crippen LogP contribution in [0.5, 0.6) is 5.75 Å². The normalized spacial score (nSPS) is 10.8.